The number of nitrogens with two attached hydrogens (primary N) is 1. The summed E-state index contributed by atoms with van der Waals surface area (Å²) >= 11 is 3.31. The summed E-state index contributed by atoms with van der Waals surface area (Å²) in [7, 11) is 0. The predicted octanol–water partition coefficient (Wildman–Crippen LogP) is 2.26. The summed E-state index contributed by atoms with van der Waals surface area (Å²) < 4.78 is 0.868. The van der Waals surface area contributed by atoms with Crippen molar-refractivity contribution in [3.05, 3.63) is 76.5 Å². The van der Waals surface area contributed by atoms with E-state index in [2.05, 4.69) is 47.6 Å². The lowest BCUT2D eigenvalue weighted by Crippen LogP contribution is -2.33. The molecule has 3 aromatic rings. The largest absolute Gasteiger partial charge is 0.393 e. The SMILES string of the molecule is Nc1c(NNC(=O)Cc2ccccc2)ncnc1NNC(=O)c1ccc(Br)cc1. The molecule has 0 aliphatic heterocycles. The molecule has 1 aromatic heterocycles. The van der Waals surface area contributed by atoms with Gasteiger partial charge >= 0.3 is 0 Å². The first kappa shape index (κ1) is 20.1. The lowest BCUT2D eigenvalue weighted by atomic mass is 10.1. The number of carbonyl (C=O) groups excluding carboxylic acids is 2. The number of hydrogen-bond donors (Lipinski definition) is 5. The summed E-state index contributed by atoms with van der Waals surface area (Å²) in [5, 5.41) is 0. The van der Waals surface area contributed by atoms with Gasteiger partial charge in [-0.2, -0.15) is 0 Å². The number of benzene rings is 2. The van der Waals surface area contributed by atoms with Gasteiger partial charge in [-0.05, 0) is 29.8 Å². The van der Waals surface area contributed by atoms with Crippen molar-refractivity contribution in [1.29, 1.82) is 0 Å². The van der Waals surface area contributed by atoms with Crippen molar-refractivity contribution in [3.8, 4) is 0 Å². The predicted molar refractivity (Wildman–Crippen MR) is 114 cm³/mol. The average Bonchev–Trinajstić information content (AvgIpc) is 2.73. The fourth-order valence-corrected chi connectivity index (χ4v) is 2.60. The Labute approximate surface area is 175 Å². The molecule has 0 saturated carbocycles. The molecule has 29 heavy (non-hydrogen) atoms. The van der Waals surface area contributed by atoms with E-state index in [0.717, 1.165) is 10.0 Å². The van der Waals surface area contributed by atoms with Crippen molar-refractivity contribution in [2.24, 2.45) is 0 Å². The number of halogens is 1. The zero-order valence-corrected chi connectivity index (χ0v) is 16.7. The van der Waals surface area contributed by atoms with E-state index in [1.807, 2.05) is 30.3 Å². The first-order valence-electron chi connectivity index (χ1n) is 8.54. The van der Waals surface area contributed by atoms with Gasteiger partial charge < -0.3 is 5.73 Å². The Bertz CT molecular complexity index is 997. The van der Waals surface area contributed by atoms with Gasteiger partial charge in [0.05, 0.1) is 6.42 Å². The highest BCUT2D eigenvalue weighted by Gasteiger charge is 2.11. The smallest absolute Gasteiger partial charge is 0.269 e. The monoisotopic (exact) mass is 455 g/mol. The van der Waals surface area contributed by atoms with Gasteiger partial charge in [-0.1, -0.05) is 46.3 Å². The second-order valence-electron chi connectivity index (χ2n) is 5.91. The summed E-state index contributed by atoms with van der Waals surface area (Å²) in [6.45, 7) is 0. The van der Waals surface area contributed by atoms with Crippen LogP contribution in [-0.2, 0) is 11.2 Å². The third-order valence-corrected chi connectivity index (χ3v) is 4.34. The Kier molecular flexibility index (Phi) is 6.59. The van der Waals surface area contributed by atoms with E-state index in [4.69, 9.17) is 5.73 Å². The van der Waals surface area contributed by atoms with Gasteiger partial charge in [0.25, 0.3) is 5.91 Å². The van der Waals surface area contributed by atoms with Crippen molar-refractivity contribution in [2.45, 2.75) is 6.42 Å². The summed E-state index contributed by atoms with van der Waals surface area (Å²) in [5.41, 5.74) is 17.8. The van der Waals surface area contributed by atoms with Crippen LogP contribution in [0.3, 0.4) is 0 Å². The van der Waals surface area contributed by atoms with Crippen LogP contribution in [0.4, 0.5) is 17.3 Å². The van der Waals surface area contributed by atoms with Crippen molar-refractivity contribution in [2.75, 3.05) is 16.6 Å². The lowest BCUT2D eigenvalue weighted by molar-refractivity contribution is -0.119. The molecule has 6 N–H and O–H groups in total. The second-order valence-corrected chi connectivity index (χ2v) is 6.82. The molecule has 3 rings (SSSR count). The summed E-state index contributed by atoms with van der Waals surface area (Å²) in [4.78, 5) is 32.2. The quantitative estimate of drug-likeness (QED) is 0.345. The van der Waals surface area contributed by atoms with E-state index in [1.165, 1.54) is 6.33 Å². The molecule has 148 valence electrons. The molecule has 2 amide bonds. The van der Waals surface area contributed by atoms with E-state index in [0.29, 0.717) is 5.56 Å². The number of anilines is 3. The van der Waals surface area contributed by atoms with Gasteiger partial charge in [0.1, 0.15) is 12.0 Å². The Morgan fingerprint density at radius 2 is 1.52 bits per heavy atom. The van der Waals surface area contributed by atoms with Gasteiger partial charge in [0.15, 0.2) is 11.6 Å². The van der Waals surface area contributed by atoms with Gasteiger partial charge in [-0.25, -0.2) is 9.97 Å². The van der Waals surface area contributed by atoms with Crippen LogP contribution in [0.1, 0.15) is 15.9 Å². The van der Waals surface area contributed by atoms with Crippen molar-refractivity contribution < 1.29 is 9.59 Å². The van der Waals surface area contributed by atoms with Gasteiger partial charge in [0, 0.05) is 10.0 Å². The summed E-state index contributed by atoms with van der Waals surface area (Å²) in [6.07, 6.45) is 1.45. The van der Waals surface area contributed by atoms with Crippen LogP contribution in [-0.4, -0.2) is 21.8 Å². The number of nitrogen functional groups attached to an aromatic ring is 1. The molecule has 0 saturated heterocycles. The molecule has 0 atom stereocenters. The second kappa shape index (κ2) is 9.51. The zero-order valence-electron chi connectivity index (χ0n) is 15.1. The highest BCUT2D eigenvalue weighted by molar-refractivity contribution is 9.10. The highest BCUT2D eigenvalue weighted by atomic mass is 79.9. The van der Waals surface area contributed by atoms with E-state index in [9.17, 15) is 9.59 Å². The molecule has 0 radical (unpaired) electrons. The molecule has 0 unspecified atom stereocenters. The normalized spacial score (nSPS) is 10.1. The third kappa shape index (κ3) is 5.66. The van der Waals surface area contributed by atoms with Crippen LogP contribution >= 0.6 is 15.9 Å². The molecular weight excluding hydrogens is 438 g/mol. The van der Waals surface area contributed by atoms with E-state index in [-0.39, 0.29) is 35.6 Å². The molecule has 9 nitrogen and oxygen atoms in total. The molecule has 0 aliphatic rings. The van der Waals surface area contributed by atoms with E-state index in [1.54, 1.807) is 24.3 Å². The van der Waals surface area contributed by atoms with Gasteiger partial charge in [-0.3, -0.25) is 31.3 Å². The standard InChI is InChI=1S/C19H18BrN7O2/c20-14-8-6-13(7-9-14)19(29)27-26-18-16(21)17(22-11-23-18)25-24-15(28)10-12-4-2-1-3-5-12/h1-9,11H,10,21H2,(H,24,28)(H,27,29)(H2,22,23,25,26). The highest BCUT2D eigenvalue weighted by Crippen LogP contribution is 2.21. The molecule has 0 aliphatic carbocycles. The Hall–Kier alpha value is -3.66. The van der Waals surface area contributed by atoms with Crippen LogP contribution in [0.15, 0.2) is 65.4 Å². The molecule has 1 heterocycles. The molecule has 2 aromatic carbocycles. The van der Waals surface area contributed by atoms with Crippen molar-refractivity contribution >= 4 is 45.1 Å². The molecule has 10 heteroatoms. The zero-order chi connectivity index (χ0) is 20.6. The minimum absolute atomic E-state index is 0.128. The minimum atomic E-state index is -0.360. The summed E-state index contributed by atoms with van der Waals surface area (Å²) in [6, 6.07) is 16.2. The van der Waals surface area contributed by atoms with Crippen molar-refractivity contribution in [1.82, 2.24) is 20.8 Å². The Morgan fingerprint density at radius 1 is 0.897 bits per heavy atom. The topological polar surface area (TPSA) is 134 Å². The molecule has 0 fully saturated rings. The maximum Gasteiger partial charge on any atom is 0.269 e. The number of rotatable bonds is 7. The van der Waals surface area contributed by atoms with Crippen LogP contribution in [0.5, 0.6) is 0 Å². The number of hydrogen-bond acceptors (Lipinski definition) is 7. The Morgan fingerprint density at radius 3 is 2.17 bits per heavy atom. The fourth-order valence-electron chi connectivity index (χ4n) is 2.34. The number of nitrogens with zero attached hydrogens (tertiary/aromatic N) is 2. The summed E-state index contributed by atoms with van der Waals surface area (Å²) in [5.74, 6) is -0.236. The molecule has 0 spiro atoms. The number of amides is 2. The number of hydrazine groups is 2. The molecular formula is C19H18BrN7O2. The van der Waals surface area contributed by atoms with E-state index < -0.39 is 0 Å². The maximum atomic E-state index is 12.2. The van der Waals surface area contributed by atoms with Gasteiger partial charge in [-0.15, -0.1) is 0 Å². The van der Waals surface area contributed by atoms with Crippen LogP contribution in [0, 0.1) is 0 Å². The first-order chi connectivity index (χ1) is 14.0. The van der Waals surface area contributed by atoms with Crippen LogP contribution < -0.4 is 27.4 Å². The number of aromatic nitrogens is 2. The number of carbonyl (C=O) groups is 2. The number of nitrogens with one attached hydrogen (secondary N) is 4. The Balaban J connectivity index is 1.56. The average molecular weight is 456 g/mol. The first-order valence-corrected chi connectivity index (χ1v) is 9.33. The third-order valence-electron chi connectivity index (χ3n) is 3.81. The minimum Gasteiger partial charge on any atom is -0.393 e. The molecule has 0 bridgehead atoms. The van der Waals surface area contributed by atoms with Crippen molar-refractivity contribution in [3.63, 3.8) is 0 Å². The van der Waals surface area contributed by atoms with E-state index >= 15 is 0 Å². The maximum absolute atomic E-state index is 12.2. The van der Waals surface area contributed by atoms with Crippen LogP contribution in [0.2, 0.25) is 0 Å². The van der Waals surface area contributed by atoms with Crippen LogP contribution in [0.25, 0.3) is 0 Å². The van der Waals surface area contributed by atoms with Gasteiger partial charge in [0.2, 0.25) is 5.91 Å². The lowest BCUT2D eigenvalue weighted by Gasteiger charge is -2.13. The fraction of sp³-hybridized carbons (Fsp3) is 0.0526.